The Morgan fingerprint density at radius 2 is 1.88 bits per heavy atom. The zero-order valence-corrected chi connectivity index (χ0v) is 11.6. The minimum absolute atomic E-state index is 0.957. The highest BCUT2D eigenvalue weighted by Crippen LogP contribution is 2.16. The number of aryl methyl sites for hydroxylation is 1. The van der Waals surface area contributed by atoms with E-state index < -0.39 is 0 Å². The van der Waals surface area contributed by atoms with Crippen LogP contribution in [0.5, 0.6) is 0 Å². The van der Waals surface area contributed by atoms with Crippen molar-refractivity contribution in [2.75, 3.05) is 32.7 Å². The normalized spacial score (nSPS) is 19.2. The second kappa shape index (κ2) is 5.29. The Hall–Kier alpha value is -0.390. The molecule has 0 saturated carbocycles. The number of rotatable bonds is 3. The second-order valence-electron chi connectivity index (χ2n) is 4.31. The van der Waals surface area contributed by atoms with Gasteiger partial charge in [0.25, 0.3) is 0 Å². The van der Waals surface area contributed by atoms with Gasteiger partial charge in [0.2, 0.25) is 0 Å². The molecular formula is C11H19BrN4. The van der Waals surface area contributed by atoms with Crippen LogP contribution in [-0.4, -0.2) is 52.3 Å². The van der Waals surface area contributed by atoms with Crippen LogP contribution in [0.2, 0.25) is 0 Å². The summed E-state index contributed by atoms with van der Waals surface area (Å²) in [5, 5.41) is 4.46. The van der Waals surface area contributed by atoms with Crippen molar-refractivity contribution >= 4 is 15.9 Å². The van der Waals surface area contributed by atoms with Crippen molar-refractivity contribution in [1.29, 1.82) is 0 Å². The molecule has 0 aromatic carbocycles. The molecule has 1 aromatic rings. The Morgan fingerprint density at radius 1 is 1.25 bits per heavy atom. The van der Waals surface area contributed by atoms with Gasteiger partial charge < -0.3 is 4.90 Å². The molecule has 2 rings (SSSR count). The fraction of sp³-hybridized carbons (Fsp3) is 0.727. The van der Waals surface area contributed by atoms with Gasteiger partial charge >= 0.3 is 0 Å². The Bertz CT molecular complexity index is 342. The highest BCUT2D eigenvalue weighted by atomic mass is 79.9. The molecule has 0 N–H and O–H groups in total. The van der Waals surface area contributed by atoms with Gasteiger partial charge in [-0.1, -0.05) is 6.92 Å². The molecule has 0 amide bonds. The fourth-order valence-electron chi connectivity index (χ4n) is 2.09. The summed E-state index contributed by atoms with van der Waals surface area (Å²) in [5.74, 6) is 0. The van der Waals surface area contributed by atoms with Crippen LogP contribution >= 0.6 is 15.9 Å². The van der Waals surface area contributed by atoms with Crippen LogP contribution in [0, 0.1) is 0 Å². The number of halogens is 1. The van der Waals surface area contributed by atoms with E-state index in [1.165, 1.54) is 19.6 Å². The smallest absolute Gasteiger partial charge is 0.0906 e. The lowest BCUT2D eigenvalue weighted by Gasteiger charge is -2.33. The lowest BCUT2D eigenvalue weighted by Crippen LogP contribution is -2.45. The highest BCUT2D eigenvalue weighted by molar-refractivity contribution is 9.10. The highest BCUT2D eigenvalue weighted by Gasteiger charge is 2.17. The Morgan fingerprint density at radius 3 is 2.38 bits per heavy atom. The molecule has 16 heavy (non-hydrogen) atoms. The Labute approximate surface area is 105 Å². The van der Waals surface area contributed by atoms with Crippen LogP contribution < -0.4 is 0 Å². The number of hydrogen-bond donors (Lipinski definition) is 0. The number of hydrogen-bond acceptors (Lipinski definition) is 3. The first-order chi connectivity index (χ1) is 7.69. The molecule has 0 atom stereocenters. The van der Waals surface area contributed by atoms with Crippen molar-refractivity contribution in [3.05, 3.63) is 16.4 Å². The summed E-state index contributed by atoms with van der Waals surface area (Å²) in [6.45, 7) is 9.01. The number of piperazine rings is 1. The molecule has 1 fully saturated rings. The van der Waals surface area contributed by atoms with E-state index in [9.17, 15) is 0 Å². The monoisotopic (exact) mass is 286 g/mol. The van der Waals surface area contributed by atoms with E-state index in [0.717, 1.165) is 29.8 Å². The maximum atomic E-state index is 4.46. The van der Waals surface area contributed by atoms with Gasteiger partial charge in [0.05, 0.1) is 10.2 Å². The first-order valence-corrected chi connectivity index (χ1v) is 6.61. The summed E-state index contributed by atoms with van der Waals surface area (Å²) in [6.07, 6.45) is 2.01. The van der Waals surface area contributed by atoms with E-state index in [-0.39, 0.29) is 0 Å². The Kier molecular flexibility index (Phi) is 4.00. The van der Waals surface area contributed by atoms with E-state index in [0.29, 0.717) is 0 Å². The predicted molar refractivity (Wildman–Crippen MR) is 68.3 cm³/mol. The summed E-state index contributed by atoms with van der Waals surface area (Å²) in [7, 11) is 1.96. The zero-order valence-electron chi connectivity index (χ0n) is 9.99. The molecule has 0 unspecified atom stereocenters. The fourth-order valence-corrected chi connectivity index (χ4v) is 2.59. The van der Waals surface area contributed by atoms with Crippen molar-refractivity contribution in [1.82, 2.24) is 19.6 Å². The van der Waals surface area contributed by atoms with Crippen LogP contribution in [0.25, 0.3) is 0 Å². The van der Waals surface area contributed by atoms with Crippen molar-refractivity contribution < 1.29 is 0 Å². The number of likely N-dealkylation sites (N-methyl/N-ethyl adjacent to an activating group) is 1. The SMILES string of the molecule is CCN1CCN(Cc2nn(C)cc2Br)CC1. The van der Waals surface area contributed by atoms with E-state index in [1.807, 2.05) is 17.9 Å². The largest absolute Gasteiger partial charge is 0.301 e. The molecule has 0 spiro atoms. The van der Waals surface area contributed by atoms with Crippen LogP contribution in [0.3, 0.4) is 0 Å². The van der Waals surface area contributed by atoms with Gasteiger partial charge in [-0.3, -0.25) is 9.58 Å². The maximum absolute atomic E-state index is 4.46. The van der Waals surface area contributed by atoms with Gasteiger partial charge in [-0.2, -0.15) is 5.10 Å². The molecule has 0 radical (unpaired) electrons. The quantitative estimate of drug-likeness (QED) is 0.838. The van der Waals surface area contributed by atoms with Crippen LogP contribution in [0.4, 0.5) is 0 Å². The van der Waals surface area contributed by atoms with Crippen LogP contribution in [-0.2, 0) is 13.6 Å². The Balaban J connectivity index is 1.89. The second-order valence-corrected chi connectivity index (χ2v) is 5.16. The van der Waals surface area contributed by atoms with Gasteiger partial charge in [0.1, 0.15) is 0 Å². The molecule has 90 valence electrons. The summed E-state index contributed by atoms with van der Waals surface area (Å²) in [6, 6.07) is 0. The maximum Gasteiger partial charge on any atom is 0.0906 e. The summed E-state index contributed by atoms with van der Waals surface area (Å²) < 4.78 is 2.98. The van der Waals surface area contributed by atoms with Gasteiger partial charge in [-0.15, -0.1) is 0 Å². The van der Waals surface area contributed by atoms with Crippen LogP contribution in [0.1, 0.15) is 12.6 Å². The van der Waals surface area contributed by atoms with E-state index in [2.05, 4.69) is 37.8 Å². The zero-order chi connectivity index (χ0) is 11.5. The molecule has 1 aromatic heterocycles. The average molecular weight is 287 g/mol. The first-order valence-electron chi connectivity index (χ1n) is 5.81. The van der Waals surface area contributed by atoms with Crippen molar-refractivity contribution in [2.24, 2.45) is 7.05 Å². The molecular weight excluding hydrogens is 268 g/mol. The third kappa shape index (κ3) is 2.84. The third-order valence-electron chi connectivity index (χ3n) is 3.14. The summed E-state index contributed by atoms with van der Waals surface area (Å²) >= 11 is 3.55. The first kappa shape index (κ1) is 12.1. The molecule has 1 saturated heterocycles. The lowest BCUT2D eigenvalue weighted by molar-refractivity contribution is 0.130. The number of nitrogens with zero attached hydrogens (tertiary/aromatic N) is 4. The van der Waals surface area contributed by atoms with E-state index in [1.54, 1.807) is 0 Å². The van der Waals surface area contributed by atoms with E-state index >= 15 is 0 Å². The lowest BCUT2D eigenvalue weighted by atomic mass is 10.3. The van der Waals surface area contributed by atoms with Gasteiger partial charge in [-0.05, 0) is 22.5 Å². The minimum atomic E-state index is 0.957. The topological polar surface area (TPSA) is 24.3 Å². The molecule has 4 nitrogen and oxygen atoms in total. The molecule has 1 aliphatic heterocycles. The average Bonchev–Trinajstić information content (AvgIpc) is 2.59. The molecule has 0 aliphatic carbocycles. The van der Waals surface area contributed by atoms with Gasteiger partial charge in [0, 0.05) is 46.0 Å². The number of aromatic nitrogens is 2. The van der Waals surface area contributed by atoms with Crippen molar-refractivity contribution in [3.8, 4) is 0 Å². The van der Waals surface area contributed by atoms with Crippen molar-refractivity contribution in [2.45, 2.75) is 13.5 Å². The summed E-state index contributed by atoms with van der Waals surface area (Å²) in [5.41, 5.74) is 1.15. The van der Waals surface area contributed by atoms with Crippen molar-refractivity contribution in [3.63, 3.8) is 0 Å². The third-order valence-corrected chi connectivity index (χ3v) is 3.80. The van der Waals surface area contributed by atoms with Gasteiger partial charge in [0.15, 0.2) is 0 Å². The summed E-state index contributed by atoms with van der Waals surface area (Å²) in [4.78, 5) is 4.96. The molecule has 2 heterocycles. The van der Waals surface area contributed by atoms with Gasteiger partial charge in [-0.25, -0.2) is 0 Å². The minimum Gasteiger partial charge on any atom is -0.301 e. The molecule has 0 bridgehead atoms. The van der Waals surface area contributed by atoms with E-state index in [4.69, 9.17) is 0 Å². The standard InChI is InChI=1S/C11H19BrN4/c1-3-15-4-6-16(7-5-15)9-11-10(12)8-14(2)13-11/h8H,3-7,9H2,1-2H3. The predicted octanol–water partition coefficient (Wildman–Crippen LogP) is 1.32. The molecule has 5 heteroatoms. The molecule has 1 aliphatic rings. The van der Waals surface area contributed by atoms with Crippen LogP contribution in [0.15, 0.2) is 10.7 Å².